The van der Waals surface area contributed by atoms with Crippen LogP contribution in [0.5, 0.6) is 0 Å². The first kappa shape index (κ1) is 9.84. The standard InChI is InChI=1S/C6H18N4/c1-6(8)10-5-4-9-3-2-7/h6,9-10H,2-5,7-8H2,1H3. The van der Waals surface area contributed by atoms with E-state index in [1.807, 2.05) is 6.92 Å². The first-order valence-corrected chi connectivity index (χ1v) is 3.67. The van der Waals surface area contributed by atoms with Gasteiger partial charge in [-0.05, 0) is 6.92 Å². The number of hydrogen-bond acceptors (Lipinski definition) is 4. The van der Waals surface area contributed by atoms with Gasteiger partial charge in [-0.1, -0.05) is 0 Å². The van der Waals surface area contributed by atoms with Crippen LogP contribution in [-0.2, 0) is 0 Å². The molecule has 1 atom stereocenters. The van der Waals surface area contributed by atoms with E-state index < -0.39 is 0 Å². The maximum Gasteiger partial charge on any atom is 0.0517 e. The van der Waals surface area contributed by atoms with Crippen molar-refractivity contribution in [2.45, 2.75) is 13.1 Å². The van der Waals surface area contributed by atoms with Crippen LogP contribution in [0.25, 0.3) is 0 Å². The number of nitrogens with one attached hydrogen (secondary N) is 2. The zero-order valence-corrected chi connectivity index (χ0v) is 6.56. The van der Waals surface area contributed by atoms with E-state index in [0.29, 0.717) is 6.54 Å². The van der Waals surface area contributed by atoms with Crippen LogP contribution in [0, 0.1) is 0 Å². The average molecular weight is 146 g/mol. The summed E-state index contributed by atoms with van der Waals surface area (Å²) < 4.78 is 0. The summed E-state index contributed by atoms with van der Waals surface area (Å²) in [4.78, 5) is 0. The lowest BCUT2D eigenvalue weighted by Crippen LogP contribution is -2.39. The fourth-order valence-corrected chi connectivity index (χ4v) is 0.615. The van der Waals surface area contributed by atoms with Crippen LogP contribution in [0.2, 0.25) is 0 Å². The lowest BCUT2D eigenvalue weighted by Gasteiger charge is -2.07. The summed E-state index contributed by atoms with van der Waals surface area (Å²) in [5.41, 5.74) is 10.7. The summed E-state index contributed by atoms with van der Waals surface area (Å²) in [5, 5.41) is 6.23. The van der Waals surface area contributed by atoms with Crippen LogP contribution < -0.4 is 22.1 Å². The quantitative estimate of drug-likeness (QED) is 0.270. The summed E-state index contributed by atoms with van der Waals surface area (Å²) >= 11 is 0. The van der Waals surface area contributed by atoms with Gasteiger partial charge in [0.15, 0.2) is 0 Å². The first-order chi connectivity index (χ1) is 4.77. The minimum absolute atomic E-state index is 0.0830. The molecule has 62 valence electrons. The molecule has 0 amide bonds. The van der Waals surface area contributed by atoms with Gasteiger partial charge < -0.3 is 22.1 Å². The van der Waals surface area contributed by atoms with Gasteiger partial charge in [-0.2, -0.15) is 0 Å². The third kappa shape index (κ3) is 7.84. The highest BCUT2D eigenvalue weighted by atomic mass is 15.0. The molecule has 0 saturated carbocycles. The molecule has 0 aliphatic carbocycles. The van der Waals surface area contributed by atoms with Crippen molar-refractivity contribution in [1.82, 2.24) is 10.6 Å². The highest BCUT2D eigenvalue weighted by Crippen LogP contribution is 1.63. The van der Waals surface area contributed by atoms with Crippen LogP contribution in [0.3, 0.4) is 0 Å². The minimum atomic E-state index is 0.0830. The Morgan fingerprint density at radius 3 is 2.50 bits per heavy atom. The third-order valence-corrected chi connectivity index (χ3v) is 1.09. The van der Waals surface area contributed by atoms with Gasteiger partial charge in [0.2, 0.25) is 0 Å². The summed E-state index contributed by atoms with van der Waals surface area (Å²) in [6, 6.07) is 0. The van der Waals surface area contributed by atoms with Gasteiger partial charge in [-0.3, -0.25) is 0 Å². The van der Waals surface area contributed by atoms with Crippen LogP contribution >= 0.6 is 0 Å². The van der Waals surface area contributed by atoms with E-state index in [9.17, 15) is 0 Å². The average Bonchev–Trinajstić information content (AvgIpc) is 1.87. The van der Waals surface area contributed by atoms with Gasteiger partial charge in [-0.25, -0.2) is 0 Å². The van der Waals surface area contributed by atoms with Gasteiger partial charge in [-0.15, -0.1) is 0 Å². The summed E-state index contributed by atoms with van der Waals surface area (Å²) in [6.45, 7) is 5.32. The zero-order chi connectivity index (χ0) is 7.82. The van der Waals surface area contributed by atoms with Crippen LogP contribution in [0.4, 0.5) is 0 Å². The molecule has 0 aliphatic rings. The molecule has 0 saturated heterocycles. The number of hydrogen-bond donors (Lipinski definition) is 4. The maximum absolute atomic E-state index is 5.44. The van der Waals surface area contributed by atoms with E-state index in [1.165, 1.54) is 0 Å². The van der Waals surface area contributed by atoms with Gasteiger partial charge in [0, 0.05) is 26.2 Å². The van der Waals surface area contributed by atoms with E-state index in [4.69, 9.17) is 11.5 Å². The van der Waals surface area contributed by atoms with E-state index in [-0.39, 0.29) is 6.17 Å². The molecule has 4 nitrogen and oxygen atoms in total. The number of nitrogens with two attached hydrogens (primary N) is 2. The van der Waals surface area contributed by atoms with Gasteiger partial charge in [0.1, 0.15) is 0 Å². The monoisotopic (exact) mass is 146 g/mol. The molecule has 0 aromatic heterocycles. The van der Waals surface area contributed by atoms with E-state index in [1.54, 1.807) is 0 Å². The Bertz CT molecular complexity index is 64.8. The molecule has 4 heteroatoms. The Labute approximate surface area is 62.3 Å². The molecular formula is C6H18N4. The van der Waals surface area contributed by atoms with Gasteiger partial charge >= 0.3 is 0 Å². The van der Waals surface area contributed by atoms with Crippen molar-refractivity contribution in [3.8, 4) is 0 Å². The summed E-state index contributed by atoms with van der Waals surface area (Å²) in [5.74, 6) is 0. The molecule has 0 radical (unpaired) electrons. The summed E-state index contributed by atoms with van der Waals surface area (Å²) in [7, 11) is 0. The minimum Gasteiger partial charge on any atom is -0.329 e. The fourth-order valence-electron chi connectivity index (χ4n) is 0.615. The van der Waals surface area contributed by atoms with Crippen LogP contribution in [0.15, 0.2) is 0 Å². The van der Waals surface area contributed by atoms with Gasteiger partial charge in [0.05, 0.1) is 6.17 Å². The molecule has 10 heavy (non-hydrogen) atoms. The zero-order valence-electron chi connectivity index (χ0n) is 6.56. The van der Waals surface area contributed by atoms with Crippen molar-refractivity contribution < 1.29 is 0 Å². The lowest BCUT2D eigenvalue weighted by molar-refractivity contribution is 0.543. The van der Waals surface area contributed by atoms with Crippen LogP contribution in [-0.4, -0.2) is 32.3 Å². The highest BCUT2D eigenvalue weighted by Gasteiger charge is 1.89. The molecule has 0 spiro atoms. The van der Waals surface area contributed by atoms with Crippen molar-refractivity contribution in [2.75, 3.05) is 26.2 Å². The molecule has 0 aromatic carbocycles. The highest BCUT2D eigenvalue weighted by molar-refractivity contribution is 4.54. The number of rotatable bonds is 6. The van der Waals surface area contributed by atoms with Crippen molar-refractivity contribution >= 4 is 0 Å². The smallest absolute Gasteiger partial charge is 0.0517 e. The molecule has 0 heterocycles. The Morgan fingerprint density at radius 2 is 2.00 bits per heavy atom. The SMILES string of the molecule is CC(N)NCCNCCN. The largest absolute Gasteiger partial charge is 0.329 e. The second kappa shape index (κ2) is 6.95. The first-order valence-electron chi connectivity index (χ1n) is 3.67. The molecular weight excluding hydrogens is 128 g/mol. The van der Waals surface area contributed by atoms with E-state index in [0.717, 1.165) is 19.6 Å². The normalized spacial score (nSPS) is 13.5. The predicted octanol–water partition coefficient (Wildman–Crippen LogP) is -1.57. The molecule has 0 rings (SSSR count). The van der Waals surface area contributed by atoms with Crippen molar-refractivity contribution in [1.29, 1.82) is 0 Å². The Balaban J connectivity index is 2.77. The maximum atomic E-state index is 5.44. The summed E-state index contributed by atoms with van der Waals surface area (Å²) in [6.07, 6.45) is 0.0830. The molecule has 0 aromatic rings. The molecule has 0 aliphatic heterocycles. The Morgan fingerprint density at radius 1 is 1.30 bits per heavy atom. The predicted molar refractivity (Wildman–Crippen MR) is 43.6 cm³/mol. The van der Waals surface area contributed by atoms with Crippen LogP contribution in [0.1, 0.15) is 6.92 Å². The lowest BCUT2D eigenvalue weighted by atomic mass is 10.5. The third-order valence-electron chi connectivity index (χ3n) is 1.09. The second-order valence-electron chi connectivity index (χ2n) is 2.28. The van der Waals surface area contributed by atoms with Crippen molar-refractivity contribution in [3.05, 3.63) is 0 Å². The molecule has 0 fully saturated rings. The van der Waals surface area contributed by atoms with Crippen molar-refractivity contribution in [2.24, 2.45) is 11.5 Å². The Hall–Kier alpha value is -0.160. The van der Waals surface area contributed by atoms with E-state index >= 15 is 0 Å². The van der Waals surface area contributed by atoms with Crippen molar-refractivity contribution in [3.63, 3.8) is 0 Å². The Kier molecular flexibility index (Phi) is 6.84. The topological polar surface area (TPSA) is 76.1 Å². The molecule has 6 N–H and O–H groups in total. The molecule has 1 unspecified atom stereocenters. The van der Waals surface area contributed by atoms with E-state index in [2.05, 4.69) is 10.6 Å². The van der Waals surface area contributed by atoms with Gasteiger partial charge in [0.25, 0.3) is 0 Å². The molecule has 0 bridgehead atoms. The second-order valence-corrected chi connectivity index (χ2v) is 2.28. The fraction of sp³-hybridized carbons (Fsp3) is 1.00.